The highest BCUT2D eigenvalue weighted by atomic mass is 32.3. The number of carbonyl (C=O) groups excluding carboxylic acids is 3. The van der Waals surface area contributed by atoms with Gasteiger partial charge in [0.1, 0.15) is 12.6 Å². The molecule has 0 aromatic rings. The van der Waals surface area contributed by atoms with Crippen LogP contribution in [0.5, 0.6) is 0 Å². The van der Waals surface area contributed by atoms with Gasteiger partial charge in [0.25, 0.3) is 0 Å². The predicted octanol–water partition coefficient (Wildman–Crippen LogP) is -0.468. The van der Waals surface area contributed by atoms with Gasteiger partial charge in [-0.2, -0.15) is 13.5 Å². The molecule has 2 N–H and O–H groups in total. The summed E-state index contributed by atoms with van der Waals surface area (Å²) in [7, 11) is -3.19. The van der Waals surface area contributed by atoms with Crippen LogP contribution < -0.4 is 10.6 Å². The Kier molecular flexibility index (Phi) is 8.73. The van der Waals surface area contributed by atoms with E-state index < -0.39 is 46.5 Å². The third-order valence-corrected chi connectivity index (χ3v) is 6.87. The minimum Gasteiger partial charge on any atom is -0.463 e. The molecule has 3 saturated heterocycles. The van der Waals surface area contributed by atoms with E-state index in [9.17, 15) is 22.8 Å². The molecule has 0 aliphatic carbocycles. The van der Waals surface area contributed by atoms with Crippen LogP contribution in [0.1, 0.15) is 39.5 Å². The Balaban J connectivity index is 1.54. The summed E-state index contributed by atoms with van der Waals surface area (Å²) < 4.78 is 44.5. The molecule has 0 aromatic heterocycles. The first-order valence-corrected chi connectivity index (χ1v) is 12.7. The first kappa shape index (κ1) is 26.6. The summed E-state index contributed by atoms with van der Waals surface area (Å²) in [5.41, 5.74) is -1.28. The summed E-state index contributed by atoms with van der Waals surface area (Å²) in [5, 5.41) is 6.97. The topological polar surface area (TPSA) is 153 Å². The van der Waals surface area contributed by atoms with E-state index in [1.807, 2.05) is 0 Å². The number of methoxy groups -OCH3 is 1. The monoisotopic (exact) mass is 506 g/mol. The fraction of sp³-hybridized carbons (Fsp3) is 0.850. The lowest BCUT2D eigenvalue weighted by molar-refractivity contribution is -0.157. The smallest absolute Gasteiger partial charge is 0.421 e. The van der Waals surface area contributed by atoms with Crippen LogP contribution in [0.3, 0.4) is 0 Å². The van der Waals surface area contributed by atoms with E-state index in [0.717, 1.165) is 31.0 Å². The number of nitrogens with zero attached hydrogens (tertiary/aromatic N) is 2. The van der Waals surface area contributed by atoms with Crippen molar-refractivity contribution in [1.29, 1.82) is 0 Å². The number of amides is 3. The highest BCUT2D eigenvalue weighted by Gasteiger charge is 2.50. The zero-order chi connectivity index (χ0) is 24.9. The van der Waals surface area contributed by atoms with Gasteiger partial charge in [0.05, 0.1) is 24.7 Å². The molecule has 0 aromatic carbocycles. The molecule has 3 rings (SSSR count). The summed E-state index contributed by atoms with van der Waals surface area (Å²) in [6.07, 6.45) is 2.43. The number of hydrogen-bond acceptors (Lipinski definition) is 10. The van der Waals surface area contributed by atoms with Crippen LogP contribution in [0.25, 0.3) is 0 Å². The number of nitrogens with one attached hydrogen (secondary N) is 2. The molecule has 3 amide bonds. The second-order valence-corrected chi connectivity index (χ2v) is 10.5. The third kappa shape index (κ3) is 6.56. The Labute approximate surface area is 199 Å². The predicted molar refractivity (Wildman–Crippen MR) is 117 cm³/mol. The number of hydrogen-bond donors (Lipinski definition) is 2. The van der Waals surface area contributed by atoms with Gasteiger partial charge in [-0.3, -0.25) is 9.59 Å². The molecule has 0 radical (unpaired) electrons. The van der Waals surface area contributed by atoms with Crippen LogP contribution >= 0.6 is 0 Å². The van der Waals surface area contributed by atoms with Crippen molar-refractivity contribution in [3.63, 3.8) is 0 Å². The Bertz CT molecular complexity index is 860. The quantitative estimate of drug-likeness (QED) is 0.278. The molecule has 0 spiro atoms. The van der Waals surface area contributed by atoms with E-state index in [1.54, 1.807) is 0 Å². The molecule has 3 aliphatic heterocycles. The van der Waals surface area contributed by atoms with Crippen molar-refractivity contribution in [2.24, 2.45) is 5.41 Å². The summed E-state index contributed by atoms with van der Waals surface area (Å²) in [5.74, 6) is -0.907. The highest BCUT2D eigenvalue weighted by molar-refractivity contribution is 7.81. The second kappa shape index (κ2) is 11.2. The number of esters is 1. The van der Waals surface area contributed by atoms with Crippen LogP contribution in [0.2, 0.25) is 0 Å². The van der Waals surface area contributed by atoms with Gasteiger partial charge < -0.3 is 25.0 Å². The van der Waals surface area contributed by atoms with Gasteiger partial charge in [-0.15, -0.1) is 4.28 Å². The van der Waals surface area contributed by atoms with Gasteiger partial charge in [0.15, 0.2) is 0 Å². The van der Waals surface area contributed by atoms with Crippen LogP contribution in [0, 0.1) is 5.41 Å². The van der Waals surface area contributed by atoms with Crippen molar-refractivity contribution in [3.05, 3.63) is 0 Å². The highest BCUT2D eigenvalue weighted by Crippen LogP contribution is 2.31. The zero-order valence-corrected chi connectivity index (χ0v) is 20.6. The second-order valence-electron chi connectivity index (χ2n) is 9.30. The molecule has 2 bridgehead atoms. The molecule has 34 heavy (non-hydrogen) atoms. The largest absolute Gasteiger partial charge is 0.463 e. The van der Waals surface area contributed by atoms with Crippen LogP contribution in [0.15, 0.2) is 0 Å². The first-order chi connectivity index (χ1) is 16.0. The fourth-order valence-corrected chi connectivity index (χ4v) is 4.94. The van der Waals surface area contributed by atoms with Gasteiger partial charge >= 0.3 is 22.4 Å². The molecular formula is C20H34N4O9S. The first-order valence-electron chi connectivity index (χ1n) is 11.4. The molecule has 194 valence electrons. The van der Waals surface area contributed by atoms with E-state index in [0.29, 0.717) is 12.8 Å². The zero-order valence-electron chi connectivity index (χ0n) is 19.8. The summed E-state index contributed by atoms with van der Waals surface area (Å²) in [6.45, 7) is 4.42. The van der Waals surface area contributed by atoms with Gasteiger partial charge in [-0.05, 0) is 52.6 Å². The number of piperidine rings is 2. The number of rotatable bonds is 11. The molecule has 2 atom stereocenters. The molecule has 13 nitrogen and oxygen atoms in total. The maximum absolute atomic E-state index is 12.9. The Morgan fingerprint density at radius 3 is 2.53 bits per heavy atom. The molecule has 3 heterocycles. The Morgan fingerprint density at radius 2 is 1.85 bits per heavy atom. The third-order valence-electron chi connectivity index (χ3n) is 6.12. The maximum Gasteiger partial charge on any atom is 0.421 e. The van der Waals surface area contributed by atoms with Crippen molar-refractivity contribution in [3.8, 4) is 0 Å². The Morgan fingerprint density at radius 1 is 1.15 bits per heavy atom. The van der Waals surface area contributed by atoms with Crippen LogP contribution in [0.4, 0.5) is 4.79 Å². The molecule has 3 fully saturated rings. The number of carbonyl (C=O) groups is 3. The fourth-order valence-electron chi connectivity index (χ4n) is 4.08. The average Bonchev–Trinajstić information content (AvgIpc) is 3.03. The lowest BCUT2D eigenvalue weighted by Crippen LogP contribution is -2.53. The minimum absolute atomic E-state index is 0.0220. The number of urea groups is 1. The van der Waals surface area contributed by atoms with E-state index in [-0.39, 0.29) is 31.7 Å². The van der Waals surface area contributed by atoms with E-state index >= 15 is 0 Å². The van der Waals surface area contributed by atoms with Crippen molar-refractivity contribution in [1.82, 2.24) is 20.6 Å². The van der Waals surface area contributed by atoms with E-state index in [2.05, 4.69) is 10.6 Å². The average molecular weight is 507 g/mol. The lowest BCUT2D eigenvalue weighted by atomic mass is 9.95. The standard InChI is InChI=1S/C20H34N4O9S/c1-20(2,18(26)31-11-10-30-3)13-32-34(28,29)33-24-15-4-5-16(23(12-15)19(24)27)17(25)22-14-6-8-21-9-7-14/h14-16,21H,4-13H2,1-3H3,(H,22,25)/t15?,16-/m0/s1. The van der Waals surface area contributed by atoms with Crippen molar-refractivity contribution >= 4 is 28.3 Å². The summed E-state index contributed by atoms with van der Waals surface area (Å²) >= 11 is 0. The van der Waals surface area contributed by atoms with Crippen molar-refractivity contribution in [2.45, 2.75) is 57.7 Å². The van der Waals surface area contributed by atoms with Gasteiger partial charge in [-0.25, -0.2) is 8.98 Å². The van der Waals surface area contributed by atoms with Crippen LogP contribution in [-0.2, 0) is 37.9 Å². The summed E-state index contributed by atoms with van der Waals surface area (Å²) in [4.78, 5) is 39.1. The SMILES string of the molecule is COCCOC(=O)C(C)(C)COS(=O)(=O)ON1C(=O)N2CC1CC[C@H]2C(=O)NC1CCNCC1. The lowest BCUT2D eigenvalue weighted by Gasteiger charge is -2.32. The van der Waals surface area contributed by atoms with Crippen molar-refractivity contribution in [2.75, 3.05) is 46.6 Å². The van der Waals surface area contributed by atoms with Gasteiger partial charge in [0, 0.05) is 19.7 Å². The molecule has 14 heteroatoms. The van der Waals surface area contributed by atoms with Crippen molar-refractivity contribution < 1.29 is 40.7 Å². The number of fused-ring (bicyclic) bond motifs is 2. The van der Waals surface area contributed by atoms with E-state index in [1.165, 1.54) is 25.9 Å². The van der Waals surface area contributed by atoms with Gasteiger partial charge in [0.2, 0.25) is 5.91 Å². The number of hydroxylamine groups is 2. The summed E-state index contributed by atoms with van der Waals surface area (Å²) in [6, 6.07) is -1.87. The Hall–Kier alpha value is -2.00. The van der Waals surface area contributed by atoms with E-state index in [4.69, 9.17) is 17.9 Å². The number of ether oxygens (including phenoxy) is 2. The molecule has 0 saturated carbocycles. The normalized spacial score (nSPS) is 23.8. The maximum atomic E-state index is 12.9. The van der Waals surface area contributed by atoms with Crippen LogP contribution in [-0.4, -0.2) is 101 Å². The minimum atomic E-state index is -4.65. The van der Waals surface area contributed by atoms with Gasteiger partial charge in [-0.1, -0.05) is 0 Å². The molecule has 3 aliphatic rings. The molecule has 1 unspecified atom stereocenters. The molecular weight excluding hydrogens is 472 g/mol.